The molecule has 3 rings (SSSR count). The minimum absolute atomic E-state index is 0.0589. The largest absolute Gasteiger partial charge is 0.444 e. The van der Waals surface area contributed by atoms with E-state index >= 15 is 0 Å². The molecule has 0 radical (unpaired) electrons. The molecule has 10 nitrogen and oxygen atoms in total. The Morgan fingerprint density at radius 1 is 1.32 bits per heavy atom. The Balaban J connectivity index is 1.73. The van der Waals surface area contributed by atoms with Gasteiger partial charge in [0, 0.05) is 37.2 Å². The van der Waals surface area contributed by atoms with Gasteiger partial charge in [-0.05, 0) is 31.2 Å². The minimum Gasteiger partial charge on any atom is -0.444 e. The van der Waals surface area contributed by atoms with Gasteiger partial charge < -0.3 is 4.74 Å². The monoisotopic (exact) mass is 446 g/mol. The van der Waals surface area contributed by atoms with Crippen molar-refractivity contribution in [2.45, 2.75) is 24.2 Å². The SMILES string of the molecule is Cn1cc(C#Cc2ccc(N3CC(CC(C)(C(=O)NO)S(C)(=O)=O)OC3=O)cc2)cn1. The first-order chi connectivity index (χ1) is 14.5. The van der Waals surface area contributed by atoms with Gasteiger partial charge in [-0.1, -0.05) is 11.8 Å². The van der Waals surface area contributed by atoms with Gasteiger partial charge in [-0.15, -0.1) is 0 Å². The van der Waals surface area contributed by atoms with Gasteiger partial charge >= 0.3 is 6.09 Å². The molecular weight excluding hydrogens is 424 g/mol. The van der Waals surface area contributed by atoms with Gasteiger partial charge in [0.2, 0.25) is 0 Å². The number of ether oxygens (including phenoxy) is 1. The zero-order valence-corrected chi connectivity index (χ0v) is 18.0. The van der Waals surface area contributed by atoms with Gasteiger partial charge in [-0.2, -0.15) is 5.10 Å². The number of cyclic esters (lactones) is 1. The number of hydrogen-bond donors (Lipinski definition) is 2. The molecule has 1 aromatic heterocycles. The number of hydroxylamine groups is 1. The van der Waals surface area contributed by atoms with Crippen LogP contribution in [0.1, 0.15) is 24.5 Å². The van der Waals surface area contributed by atoms with Crippen LogP contribution in [0.25, 0.3) is 0 Å². The topological polar surface area (TPSA) is 131 Å². The number of nitrogens with zero attached hydrogens (tertiary/aromatic N) is 3. The molecule has 0 bridgehead atoms. The maximum absolute atomic E-state index is 12.3. The van der Waals surface area contributed by atoms with Crippen LogP contribution in [0.4, 0.5) is 10.5 Å². The highest BCUT2D eigenvalue weighted by atomic mass is 32.2. The Kier molecular flexibility index (Phi) is 6.06. The standard InChI is InChI=1S/C20H22N4O6S/c1-20(18(25)22-27,31(3,28)29)10-17-13-24(19(26)30-17)16-8-6-14(7-9-16)4-5-15-11-21-23(2)12-15/h6-9,11-12,17,27H,10,13H2,1-3H3,(H,22,25). The van der Waals surface area contributed by atoms with Crippen molar-refractivity contribution < 1.29 is 28.0 Å². The van der Waals surface area contributed by atoms with Crippen LogP contribution in [-0.4, -0.2) is 59.1 Å². The number of rotatable bonds is 5. The molecular formula is C20H22N4O6S. The van der Waals surface area contributed by atoms with Crippen LogP contribution in [0.3, 0.4) is 0 Å². The van der Waals surface area contributed by atoms with E-state index < -0.39 is 32.7 Å². The fraction of sp³-hybridized carbons (Fsp3) is 0.350. The van der Waals surface area contributed by atoms with Crippen molar-refractivity contribution in [3.63, 3.8) is 0 Å². The molecule has 1 aromatic carbocycles. The molecule has 2 N–H and O–H groups in total. The van der Waals surface area contributed by atoms with E-state index in [4.69, 9.17) is 9.94 Å². The number of aromatic nitrogens is 2. The molecule has 31 heavy (non-hydrogen) atoms. The molecule has 1 saturated heterocycles. The number of sulfone groups is 1. The molecule has 2 unspecified atom stereocenters. The Morgan fingerprint density at radius 2 is 1.97 bits per heavy atom. The third-order valence-electron chi connectivity index (χ3n) is 5.13. The van der Waals surface area contributed by atoms with Gasteiger partial charge in [0.25, 0.3) is 5.91 Å². The molecule has 0 saturated carbocycles. The van der Waals surface area contributed by atoms with Gasteiger partial charge in [0.05, 0.1) is 18.3 Å². The number of amides is 2. The average molecular weight is 446 g/mol. The van der Waals surface area contributed by atoms with E-state index in [1.165, 1.54) is 17.3 Å². The molecule has 2 heterocycles. The van der Waals surface area contributed by atoms with E-state index in [0.717, 1.165) is 17.4 Å². The van der Waals surface area contributed by atoms with Crippen molar-refractivity contribution in [1.29, 1.82) is 0 Å². The van der Waals surface area contributed by atoms with Crippen molar-refractivity contribution in [2.75, 3.05) is 17.7 Å². The van der Waals surface area contributed by atoms with E-state index in [2.05, 4.69) is 16.9 Å². The number of benzene rings is 1. The molecule has 2 aromatic rings. The van der Waals surface area contributed by atoms with Crippen LogP contribution >= 0.6 is 0 Å². The van der Waals surface area contributed by atoms with Crippen molar-refractivity contribution in [2.24, 2.45) is 7.05 Å². The second kappa shape index (κ2) is 8.41. The highest BCUT2D eigenvalue weighted by Crippen LogP contribution is 2.30. The molecule has 2 atom stereocenters. The van der Waals surface area contributed by atoms with Gasteiger partial charge in [-0.25, -0.2) is 18.7 Å². The molecule has 164 valence electrons. The molecule has 2 amide bonds. The number of nitrogens with one attached hydrogen (secondary N) is 1. The van der Waals surface area contributed by atoms with Crippen LogP contribution in [-0.2, 0) is 26.4 Å². The summed E-state index contributed by atoms with van der Waals surface area (Å²) in [5, 5.41) is 13.0. The summed E-state index contributed by atoms with van der Waals surface area (Å²) in [5.41, 5.74) is 3.44. The minimum atomic E-state index is -3.90. The lowest BCUT2D eigenvalue weighted by atomic mass is 10.0. The van der Waals surface area contributed by atoms with E-state index in [1.54, 1.807) is 48.4 Å². The Labute approximate surface area is 179 Å². The van der Waals surface area contributed by atoms with Crippen molar-refractivity contribution in [3.8, 4) is 11.8 Å². The van der Waals surface area contributed by atoms with Gasteiger partial charge in [-0.3, -0.25) is 19.6 Å². The first-order valence-electron chi connectivity index (χ1n) is 9.26. The van der Waals surface area contributed by atoms with Crippen molar-refractivity contribution >= 4 is 27.5 Å². The molecule has 1 aliphatic heterocycles. The van der Waals surface area contributed by atoms with E-state index in [9.17, 15) is 18.0 Å². The number of carbonyl (C=O) groups is 2. The summed E-state index contributed by atoms with van der Waals surface area (Å²) in [6, 6.07) is 6.90. The quantitative estimate of drug-likeness (QED) is 0.395. The fourth-order valence-corrected chi connectivity index (χ4v) is 4.03. The molecule has 1 fully saturated rings. The first kappa shape index (κ1) is 22.3. The smallest absolute Gasteiger partial charge is 0.414 e. The summed E-state index contributed by atoms with van der Waals surface area (Å²) in [4.78, 5) is 25.7. The average Bonchev–Trinajstić information content (AvgIpc) is 3.30. The van der Waals surface area contributed by atoms with Crippen LogP contribution in [0.15, 0.2) is 36.7 Å². The lowest BCUT2D eigenvalue weighted by Gasteiger charge is -2.26. The number of aryl methyl sites for hydroxylation is 1. The summed E-state index contributed by atoms with van der Waals surface area (Å²) >= 11 is 0. The molecule has 11 heteroatoms. The normalized spacial score (nSPS) is 18.0. The zero-order chi connectivity index (χ0) is 22.8. The predicted octanol–water partition coefficient (Wildman–Crippen LogP) is 0.844. The lowest BCUT2D eigenvalue weighted by Crippen LogP contribution is -2.51. The second-order valence-electron chi connectivity index (χ2n) is 7.46. The molecule has 0 spiro atoms. The third-order valence-corrected chi connectivity index (χ3v) is 7.12. The van der Waals surface area contributed by atoms with E-state index in [1.807, 2.05) is 0 Å². The van der Waals surface area contributed by atoms with Crippen LogP contribution < -0.4 is 10.4 Å². The Morgan fingerprint density at radius 3 is 2.52 bits per heavy atom. The number of anilines is 1. The van der Waals surface area contributed by atoms with Crippen molar-refractivity contribution in [3.05, 3.63) is 47.8 Å². The van der Waals surface area contributed by atoms with Crippen LogP contribution in [0, 0.1) is 11.8 Å². The second-order valence-corrected chi connectivity index (χ2v) is 9.91. The number of hydrogen-bond acceptors (Lipinski definition) is 7. The lowest BCUT2D eigenvalue weighted by molar-refractivity contribution is -0.132. The summed E-state index contributed by atoms with van der Waals surface area (Å²) in [5.74, 6) is 4.91. The Hall–Kier alpha value is -3.36. The maximum Gasteiger partial charge on any atom is 0.414 e. The fourth-order valence-electron chi connectivity index (χ4n) is 3.16. The highest BCUT2D eigenvalue weighted by Gasteiger charge is 2.48. The van der Waals surface area contributed by atoms with E-state index in [0.29, 0.717) is 5.69 Å². The third kappa shape index (κ3) is 4.70. The summed E-state index contributed by atoms with van der Waals surface area (Å²) in [6.45, 7) is 1.24. The van der Waals surface area contributed by atoms with Gasteiger partial charge in [0.1, 0.15) is 6.10 Å². The maximum atomic E-state index is 12.3. The summed E-state index contributed by atoms with van der Waals surface area (Å²) in [7, 11) is -2.10. The van der Waals surface area contributed by atoms with Crippen molar-refractivity contribution in [1.82, 2.24) is 15.3 Å². The number of carbonyl (C=O) groups excluding carboxylic acids is 2. The zero-order valence-electron chi connectivity index (χ0n) is 17.2. The molecule has 1 aliphatic rings. The Bertz CT molecular complexity index is 1160. The highest BCUT2D eigenvalue weighted by molar-refractivity contribution is 7.92. The molecule has 0 aliphatic carbocycles. The van der Waals surface area contributed by atoms with Gasteiger partial charge in [0.15, 0.2) is 14.6 Å². The van der Waals surface area contributed by atoms with E-state index in [-0.39, 0.29) is 13.0 Å². The predicted molar refractivity (Wildman–Crippen MR) is 111 cm³/mol. The first-order valence-corrected chi connectivity index (χ1v) is 11.2. The van der Waals surface area contributed by atoms with Crippen LogP contribution in [0.2, 0.25) is 0 Å². The van der Waals surface area contributed by atoms with Crippen LogP contribution in [0.5, 0.6) is 0 Å². The summed E-state index contributed by atoms with van der Waals surface area (Å²) in [6.07, 6.45) is 2.54. The summed E-state index contributed by atoms with van der Waals surface area (Å²) < 4.78 is 29.2.